The van der Waals surface area contributed by atoms with E-state index in [2.05, 4.69) is 16.8 Å². The van der Waals surface area contributed by atoms with Gasteiger partial charge in [-0.1, -0.05) is 19.3 Å². The van der Waals surface area contributed by atoms with Crippen LogP contribution in [0.1, 0.15) is 43.2 Å². The van der Waals surface area contributed by atoms with Crippen molar-refractivity contribution in [2.75, 3.05) is 18.0 Å². The van der Waals surface area contributed by atoms with E-state index in [1.807, 2.05) is 6.07 Å². The van der Waals surface area contributed by atoms with Gasteiger partial charge in [-0.05, 0) is 37.0 Å². The fraction of sp³-hybridized carbons (Fsp3) is 0.643. The molecule has 1 saturated heterocycles. The van der Waals surface area contributed by atoms with Crippen LogP contribution in [-0.4, -0.2) is 23.2 Å². The normalized spacial score (nSPS) is 17.6. The average molecular weight is 234 g/mol. The van der Waals surface area contributed by atoms with E-state index in [1.54, 1.807) is 6.20 Å². The number of aromatic nitrogens is 1. The minimum Gasteiger partial charge on any atom is -0.392 e. The lowest BCUT2D eigenvalue weighted by Gasteiger charge is -2.27. The lowest BCUT2D eigenvalue weighted by atomic mass is 10.1. The van der Waals surface area contributed by atoms with E-state index in [9.17, 15) is 0 Å². The van der Waals surface area contributed by atoms with Gasteiger partial charge in [0.15, 0.2) is 0 Å². The van der Waals surface area contributed by atoms with Crippen molar-refractivity contribution in [2.24, 2.45) is 0 Å². The first-order valence-corrected chi connectivity index (χ1v) is 6.62. The minimum atomic E-state index is 0.0775. The topological polar surface area (TPSA) is 36.4 Å². The molecule has 2 rings (SSSR count). The maximum absolute atomic E-state index is 9.09. The predicted molar refractivity (Wildman–Crippen MR) is 70.2 cm³/mol. The van der Waals surface area contributed by atoms with E-state index >= 15 is 0 Å². The van der Waals surface area contributed by atoms with E-state index in [0.29, 0.717) is 0 Å². The highest BCUT2D eigenvalue weighted by Gasteiger charge is 2.12. The second-order valence-electron chi connectivity index (χ2n) is 4.90. The van der Waals surface area contributed by atoms with E-state index in [-0.39, 0.29) is 6.61 Å². The molecule has 0 amide bonds. The summed E-state index contributed by atoms with van der Waals surface area (Å²) in [6.45, 7) is 4.40. The Morgan fingerprint density at radius 2 is 1.82 bits per heavy atom. The van der Waals surface area contributed by atoms with Crippen molar-refractivity contribution in [1.82, 2.24) is 4.98 Å². The number of anilines is 1. The second kappa shape index (κ2) is 6.01. The molecule has 17 heavy (non-hydrogen) atoms. The van der Waals surface area contributed by atoms with Crippen molar-refractivity contribution in [1.29, 1.82) is 0 Å². The zero-order valence-electron chi connectivity index (χ0n) is 10.7. The molecule has 0 atom stereocenters. The molecule has 1 aliphatic rings. The first kappa shape index (κ1) is 12.4. The molecule has 0 bridgehead atoms. The molecule has 94 valence electrons. The van der Waals surface area contributed by atoms with Gasteiger partial charge < -0.3 is 10.0 Å². The Labute approximate surface area is 103 Å². The molecule has 1 aromatic rings. The van der Waals surface area contributed by atoms with Crippen LogP contribution in [0.2, 0.25) is 0 Å². The quantitative estimate of drug-likeness (QED) is 0.854. The van der Waals surface area contributed by atoms with Gasteiger partial charge in [-0.25, -0.2) is 4.98 Å². The minimum absolute atomic E-state index is 0.0775. The highest BCUT2D eigenvalue weighted by atomic mass is 16.3. The van der Waals surface area contributed by atoms with E-state index in [4.69, 9.17) is 5.11 Å². The third-order valence-electron chi connectivity index (χ3n) is 3.45. The van der Waals surface area contributed by atoms with Crippen molar-refractivity contribution in [3.63, 3.8) is 0 Å². The summed E-state index contributed by atoms with van der Waals surface area (Å²) in [6, 6.07) is 2.04. The number of aliphatic hydroxyl groups is 1. The van der Waals surface area contributed by atoms with Crippen molar-refractivity contribution < 1.29 is 5.11 Å². The van der Waals surface area contributed by atoms with Crippen LogP contribution in [0.25, 0.3) is 0 Å². The summed E-state index contributed by atoms with van der Waals surface area (Å²) < 4.78 is 0. The van der Waals surface area contributed by atoms with Gasteiger partial charge in [-0.15, -0.1) is 0 Å². The molecule has 1 aliphatic heterocycles. The number of hydrogen-bond acceptors (Lipinski definition) is 3. The maximum atomic E-state index is 9.09. The molecule has 0 unspecified atom stereocenters. The zero-order valence-corrected chi connectivity index (χ0v) is 10.7. The number of nitrogens with zero attached hydrogens (tertiary/aromatic N) is 2. The van der Waals surface area contributed by atoms with Crippen molar-refractivity contribution in [3.05, 3.63) is 23.4 Å². The van der Waals surface area contributed by atoms with Gasteiger partial charge in [-0.3, -0.25) is 0 Å². The number of aliphatic hydroxyl groups excluding tert-OH is 1. The number of aryl methyl sites for hydroxylation is 1. The molecule has 0 aromatic carbocycles. The molecule has 3 heteroatoms. The summed E-state index contributed by atoms with van der Waals surface area (Å²) in [5, 5.41) is 9.09. The molecular weight excluding hydrogens is 212 g/mol. The largest absolute Gasteiger partial charge is 0.392 e. The van der Waals surface area contributed by atoms with Crippen LogP contribution in [0.5, 0.6) is 0 Å². The van der Waals surface area contributed by atoms with Crippen LogP contribution in [0.4, 0.5) is 5.82 Å². The zero-order chi connectivity index (χ0) is 12.1. The molecular formula is C14H22N2O. The standard InChI is InChI=1S/C14H22N2O/c1-12-9-13(11-17)10-15-14(12)16-7-5-3-2-4-6-8-16/h9-10,17H,2-8,11H2,1H3. The highest BCUT2D eigenvalue weighted by Crippen LogP contribution is 2.21. The number of rotatable bonds is 2. The maximum Gasteiger partial charge on any atom is 0.131 e. The Bertz CT molecular complexity index is 357. The second-order valence-corrected chi connectivity index (χ2v) is 4.90. The van der Waals surface area contributed by atoms with Crippen LogP contribution in [0, 0.1) is 6.92 Å². The third-order valence-corrected chi connectivity index (χ3v) is 3.45. The van der Waals surface area contributed by atoms with Crippen LogP contribution in [0.3, 0.4) is 0 Å². The fourth-order valence-electron chi connectivity index (χ4n) is 2.50. The molecule has 3 nitrogen and oxygen atoms in total. The van der Waals surface area contributed by atoms with Crippen LogP contribution < -0.4 is 4.90 Å². The Balaban J connectivity index is 2.13. The Kier molecular flexibility index (Phi) is 4.37. The summed E-state index contributed by atoms with van der Waals surface area (Å²) in [4.78, 5) is 6.91. The fourth-order valence-corrected chi connectivity index (χ4v) is 2.50. The molecule has 1 fully saturated rings. The molecule has 1 N–H and O–H groups in total. The summed E-state index contributed by atoms with van der Waals surface area (Å²) in [5.74, 6) is 1.10. The average Bonchev–Trinajstić information content (AvgIpc) is 2.29. The van der Waals surface area contributed by atoms with Gasteiger partial charge in [-0.2, -0.15) is 0 Å². The molecule has 2 heterocycles. The van der Waals surface area contributed by atoms with E-state index in [0.717, 1.165) is 24.5 Å². The molecule has 0 spiro atoms. The van der Waals surface area contributed by atoms with Gasteiger partial charge >= 0.3 is 0 Å². The summed E-state index contributed by atoms with van der Waals surface area (Å²) in [5.41, 5.74) is 2.08. The lowest BCUT2D eigenvalue weighted by Crippen LogP contribution is -2.28. The van der Waals surface area contributed by atoms with Crippen molar-refractivity contribution >= 4 is 5.82 Å². The predicted octanol–water partition coefficient (Wildman–Crippen LogP) is 2.65. The summed E-state index contributed by atoms with van der Waals surface area (Å²) >= 11 is 0. The first-order valence-electron chi connectivity index (χ1n) is 6.62. The third kappa shape index (κ3) is 3.19. The van der Waals surface area contributed by atoms with Gasteiger partial charge in [0.1, 0.15) is 5.82 Å². The van der Waals surface area contributed by atoms with Gasteiger partial charge in [0.2, 0.25) is 0 Å². The molecule has 1 aromatic heterocycles. The van der Waals surface area contributed by atoms with E-state index < -0.39 is 0 Å². The highest BCUT2D eigenvalue weighted by molar-refractivity contribution is 5.47. The number of pyridine rings is 1. The van der Waals surface area contributed by atoms with Crippen LogP contribution >= 0.6 is 0 Å². The first-order chi connectivity index (χ1) is 8.31. The van der Waals surface area contributed by atoms with Gasteiger partial charge in [0, 0.05) is 19.3 Å². The molecule has 0 aliphatic carbocycles. The lowest BCUT2D eigenvalue weighted by molar-refractivity contribution is 0.281. The van der Waals surface area contributed by atoms with Crippen LogP contribution in [-0.2, 0) is 6.61 Å². The van der Waals surface area contributed by atoms with E-state index in [1.165, 1.54) is 37.7 Å². The number of hydrogen-bond donors (Lipinski definition) is 1. The smallest absolute Gasteiger partial charge is 0.131 e. The van der Waals surface area contributed by atoms with Crippen molar-refractivity contribution in [2.45, 2.75) is 45.6 Å². The van der Waals surface area contributed by atoms with Crippen molar-refractivity contribution in [3.8, 4) is 0 Å². The SMILES string of the molecule is Cc1cc(CO)cnc1N1CCCCCCC1. The molecule has 0 radical (unpaired) electrons. The summed E-state index contributed by atoms with van der Waals surface area (Å²) in [7, 11) is 0. The van der Waals surface area contributed by atoms with Gasteiger partial charge in [0.25, 0.3) is 0 Å². The Morgan fingerprint density at radius 3 is 2.41 bits per heavy atom. The summed E-state index contributed by atoms with van der Waals surface area (Å²) in [6.07, 6.45) is 8.38. The Hall–Kier alpha value is -1.09. The van der Waals surface area contributed by atoms with Gasteiger partial charge in [0.05, 0.1) is 6.61 Å². The monoisotopic (exact) mass is 234 g/mol. The Morgan fingerprint density at radius 1 is 1.18 bits per heavy atom. The molecule has 0 saturated carbocycles. The van der Waals surface area contributed by atoms with Crippen LogP contribution in [0.15, 0.2) is 12.3 Å².